The fraction of sp³-hybridized carbons (Fsp3) is 0.100. The van der Waals surface area contributed by atoms with Crippen molar-refractivity contribution in [2.75, 3.05) is 7.11 Å². The first-order valence-corrected chi connectivity index (χ1v) is 4.15. The molecule has 0 spiro atoms. The molecular weight excluding hydrogens is 224 g/mol. The van der Waals surface area contributed by atoms with Gasteiger partial charge in [0.05, 0.1) is 12.0 Å². The average molecular weight is 232 g/mol. The van der Waals surface area contributed by atoms with Gasteiger partial charge >= 0.3 is 5.70 Å². The Morgan fingerprint density at radius 3 is 2.41 bits per heavy atom. The van der Waals surface area contributed by atoms with Gasteiger partial charge in [-0.25, -0.2) is 4.99 Å². The molecular formula is C10H8N4O3. The molecule has 0 atom stereocenters. The highest BCUT2D eigenvalue weighted by atomic mass is 16.6. The van der Waals surface area contributed by atoms with Gasteiger partial charge in [0.1, 0.15) is 17.8 Å². The van der Waals surface area contributed by atoms with E-state index in [9.17, 15) is 10.1 Å². The van der Waals surface area contributed by atoms with Crippen LogP contribution in [0.5, 0.6) is 0 Å². The summed E-state index contributed by atoms with van der Waals surface area (Å²) < 4.78 is 4.70. The van der Waals surface area contributed by atoms with E-state index in [1.165, 1.54) is 13.2 Å². The van der Waals surface area contributed by atoms with Crippen molar-refractivity contribution in [3.63, 3.8) is 0 Å². The Bertz CT molecular complexity index is 503. The van der Waals surface area contributed by atoms with Crippen LogP contribution in [0.25, 0.3) is 0 Å². The van der Waals surface area contributed by atoms with E-state index >= 15 is 0 Å². The molecule has 0 aromatic heterocycles. The van der Waals surface area contributed by atoms with Crippen LogP contribution in [0.2, 0.25) is 0 Å². The number of ether oxygens (including phenoxy) is 1. The molecule has 0 aliphatic heterocycles. The number of allylic oxidation sites excluding steroid dienone is 3. The van der Waals surface area contributed by atoms with Gasteiger partial charge in [0.25, 0.3) is 0 Å². The van der Waals surface area contributed by atoms with Crippen LogP contribution in [0.3, 0.4) is 0 Å². The van der Waals surface area contributed by atoms with E-state index in [0.717, 1.165) is 6.08 Å². The lowest BCUT2D eigenvalue weighted by Crippen LogP contribution is -2.13. The largest absolute Gasteiger partial charge is 0.490 e. The van der Waals surface area contributed by atoms with E-state index in [2.05, 4.69) is 18.2 Å². The maximum absolute atomic E-state index is 10.8. The zero-order valence-electron chi connectivity index (χ0n) is 9.01. The lowest BCUT2D eigenvalue weighted by atomic mass is 10.2. The molecule has 0 N–H and O–H groups in total. The highest BCUT2D eigenvalue weighted by molar-refractivity contribution is 6.10. The van der Waals surface area contributed by atoms with Crippen molar-refractivity contribution in [1.29, 1.82) is 10.5 Å². The molecule has 0 aliphatic carbocycles. The Hall–Kier alpha value is -2.93. The number of nitrogens with zero attached hydrogens (tertiary/aromatic N) is 4. The van der Waals surface area contributed by atoms with Gasteiger partial charge in [-0.05, 0) is 6.08 Å². The number of aliphatic imine (C=N–C) groups is 1. The van der Waals surface area contributed by atoms with E-state index in [0.29, 0.717) is 0 Å². The molecule has 0 saturated heterocycles. The number of hydrogen-bond acceptors (Lipinski definition) is 6. The van der Waals surface area contributed by atoms with Gasteiger partial charge < -0.3 is 4.74 Å². The number of methoxy groups -OCH3 is 1. The van der Waals surface area contributed by atoms with Crippen molar-refractivity contribution >= 4 is 5.71 Å². The van der Waals surface area contributed by atoms with E-state index in [4.69, 9.17) is 15.3 Å². The van der Waals surface area contributed by atoms with Crippen molar-refractivity contribution in [2.45, 2.75) is 0 Å². The van der Waals surface area contributed by atoms with Gasteiger partial charge in [-0.3, -0.25) is 10.1 Å². The Morgan fingerprint density at radius 2 is 2.12 bits per heavy atom. The van der Waals surface area contributed by atoms with Crippen molar-refractivity contribution in [1.82, 2.24) is 0 Å². The molecule has 0 fully saturated rings. The number of hydrogen-bond donors (Lipinski definition) is 0. The summed E-state index contributed by atoms with van der Waals surface area (Å²) in [5.74, 6) is -0.221. The van der Waals surface area contributed by atoms with Gasteiger partial charge in [-0.1, -0.05) is 13.2 Å². The molecule has 86 valence electrons. The molecule has 7 nitrogen and oxygen atoms in total. The van der Waals surface area contributed by atoms with Crippen LogP contribution < -0.4 is 0 Å². The topological polar surface area (TPSA) is 112 Å². The van der Waals surface area contributed by atoms with Gasteiger partial charge in [-0.2, -0.15) is 10.5 Å². The molecule has 0 radical (unpaired) electrons. The molecule has 0 bridgehead atoms. The summed E-state index contributed by atoms with van der Waals surface area (Å²) in [6.45, 7) is 6.51. The van der Waals surface area contributed by atoms with Crippen molar-refractivity contribution in [3.05, 3.63) is 46.5 Å². The SMILES string of the molecule is C=C/C(OC)=C(\C(C#N)=N/C(=C)C#N)[N+](=O)[O-]. The number of nitro groups is 1. The third kappa shape index (κ3) is 3.61. The Kier molecular flexibility index (Phi) is 5.41. The summed E-state index contributed by atoms with van der Waals surface area (Å²) in [4.78, 5) is 13.4. The second kappa shape index (κ2) is 6.53. The van der Waals surface area contributed by atoms with Gasteiger partial charge in [0, 0.05) is 0 Å². The molecule has 0 rings (SSSR count). The van der Waals surface area contributed by atoms with Crippen molar-refractivity contribution < 1.29 is 9.66 Å². The minimum atomic E-state index is -0.840. The minimum Gasteiger partial charge on any atom is -0.490 e. The maximum atomic E-state index is 10.8. The van der Waals surface area contributed by atoms with Crippen LogP contribution in [-0.4, -0.2) is 17.7 Å². The molecule has 0 heterocycles. The van der Waals surface area contributed by atoms with Crippen LogP contribution in [0, 0.1) is 32.8 Å². The summed E-state index contributed by atoms with van der Waals surface area (Å²) in [6, 6.07) is 3.06. The fourth-order valence-corrected chi connectivity index (χ4v) is 0.861. The third-order valence-corrected chi connectivity index (χ3v) is 1.53. The summed E-state index contributed by atoms with van der Waals surface area (Å²) >= 11 is 0. The van der Waals surface area contributed by atoms with E-state index in [1.54, 1.807) is 6.07 Å². The standard InChI is InChI=1S/C10H8N4O3/c1-4-9(17-3)10(14(15)16)8(6-12)13-7(2)5-11/h4H,1-2H2,3H3/b10-9-,13-8-. The molecule has 0 unspecified atom stereocenters. The third-order valence-electron chi connectivity index (χ3n) is 1.53. The van der Waals surface area contributed by atoms with Crippen LogP contribution in [-0.2, 0) is 4.74 Å². The first-order valence-electron chi connectivity index (χ1n) is 4.15. The molecule has 0 aromatic carbocycles. The summed E-state index contributed by atoms with van der Waals surface area (Å²) in [6.07, 6.45) is 1.07. The molecule has 0 saturated carbocycles. The second-order valence-corrected chi connectivity index (χ2v) is 2.51. The lowest BCUT2D eigenvalue weighted by molar-refractivity contribution is -0.417. The Balaban J connectivity index is 5.90. The normalized spacial score (nSPS) is 11.6. The first kappa shape index (κ1) is 14.1. The molecule has 0 aliphatic rings. The minimum absolute atomic E-state index is 0.221. The smallest absolute Gasteiger partial charge is 0.346 e. The van der Waals surface area contributed by atoms with Gasteiger partial charge in [-0.15, -0.1) is 0 Å². The predicted molar refractivity (Wildman–Crippen MR) is 59.0 cm³/mol. The Morgan fingerprint density at radius 1 is 1.53 bits per heavy atom. The van der Waals surface area contributed by atoms with E-state index in [1.807, 2.05) is 0 Å². The average Bonchev–Trinajstić information content (AvgIpc) is 2.32. The summed E-state index contributed by atoms with van der Waals surface area (Å²) in [5.41, 5.74) is -1.56. The highest BCUT2D eigenvalue weighted by Gasteiger charge is 2.25. The number of rotatable bonds is 5. The van der Waals surface area contributed by atoms with Crippen molar-refractivity contribution in [2.24, 2.45) is 4.99 Å². The van der Waals surface area contributed by atoms with Gasteiger partial charge in [0.2, 0.25) is 5.71 Å². The van der Waals surface area contributed by atoms with Crippen LogP contribution in [0.15, 0.2) is 41.4 Å². The van der Waals surface area contributed by atoms with E-state index in [-0.39, 0.29) is 11.5 Å². The van der Waals surface area contributed by atoms with Crippen molar-refractivity contribution in [3.8, 4) is 12.1 Å². The number of nitriles is 2. The monoisotopic (exact) mass is 232 g/mol. The molecule has 7 heteroatoms. The van der Waals surface area contributed by atoms with Crippen LogP contribution >= 0.6 is 0 Å². The molecule has 17 heavy (non-hydrogen) atoms. The zero-order valence-corrected chi connectivity index (χ0v) is 9.01. The Labute approximate surface area is 97.4 Å². The summed E-state index contributed by atoms with van der Waals surface area (Å²) in [7, 11) is 1.19. The molecule has 0 aromatic rings. The lowest BCUT2D eigenvalue weighted by Gasteiger charge is -2.01. The van der Waals surface area contributed by atoms with Crippen LogP contribution in [0.1, 0.15) is 0 Å². The molecule has 0 amide bonds. The van der Waals surface area contributed by atoms with Gasteiger partial charge in [0.15, 0.2) is 5.76 Å². The van der Waals surface area contributed by atoms with Crippen LogP contribution in [0.4, 0.5) is 0 Å². The fourth-order valence-electron chi connectivity index (χ4n) is 0.861. The quantitative estimate of drug-likeness (QED) is 0.177. The maximum Gasteiger partial charge on any atom is 0.346 e. The zero-order chi connectivity index (χ0) is 13.4. The van der Waals surface area contributed by atoms with E-state index < -0.39 is 16.3 Å². The first-order chi connectivity index (χ1) is 8.01. The second-order valence-electron chi connectivity index (χ2n) is 2.51. The summed E-state index contributed by atoms with van der Waals surface area (Å²) in [5, 5.41) is 28.0. The predicted octanol–water partition coefficient (Wildman–Crippen LogP) is 1.31. The highest BCUT2D eigenvalue weighted by Crippen LogP contribution is 2.11.